The lowest BCUT2D eigenvalue weighted by molar-refractivity contribution is 0.218. The molecule has 1 N–H and O–H groups in total. The molecule has 1 fully saturated rings. The highest BCUT2D eigenvalue weighted by Gasteiger charge is 2.16. The smallest absolute Gasteiger partial charge is 0.0753 e. The largest absolute Gasteiger partial charge is 0.389 e. The Balaban J connectivity index is 2.58. The second-order valence-corrected chi connectivity index (χ2v) is 2.39. The first-order valence-corrected chi connectivity index (χ1v) is 3.34. The summed E-state index contributed by atoms with van der Waals surface area (Å²) in [5, 5.41) is 9.20. The van der Waals surface area contributed by atoms with Crippen LogP contribution >= 0.6 is 0 Å². The minimum Gasteiger partial charge on any atom is -0.389 e. The molecule has 1 rings (SSSR count). The van der Waals surface area contributed by atoms with Gasteiger partial charge in [0, 0.05) is 0 Å². The number of aliphatic hydroxyl groups is 1. The van der Waals surface area contributed by atoms with Crippen LogP contribution in [0.1, 0.15) is 19.3 Å². The normalized spacial score (nSPS) is 31.2. The molecule has 1 heteroatoms. The van der Waals surface area contributed by atoms with Crippen LogP contribution in [0.2, 0.25) is 0 Å². The Bertz CT molecular complexity index is 136. The molecule has 0 radical (unpaired) electrons. The first-order chi connectivity index (χ1) is 4.34. The van der Waals surface area contributed by atoms with Crippen molar-refractivity contribution in [3.8, 4) is 0 Å². The Morgan fingerprint density at radius 1 is 1.67 bits per heavy atom. The van der Waals surface area contributed by atoms with Gasteiger partial charge in [0.15, 0.2) is 0 Å². The highest BCUT2D eigenvalue weighted by atomic mass is 16.3. The molecule has 0 aromatic heterocycles. The Labute approximate surface area is 55.7 Å². The maximum Gasteiger partial charge on any atom is 0.0753 e. The van der Waals surface area contributed by atoms with Gasteiger partial charge in [-0.05, 0) is 24.8 Å². The van der Waals surface area contributed by atoms with Gasteiger partial charge in [0.1, 0.15) is 0 Å². The third kappa shape index (κ3) is 1.42. The molecule has 1 aliphatic carbocycles. The topological polar surface area (TPSA) is 20.2 Å². The average molecular weight is 124 g/mol. The van der Waals surface area contributed by atoms with E-state index < -0.39 is 0 Å². The van der Waals surface area contributed by atoms with Crippen LogP contribution in [0.25, 0.3) is 0 Å². The fraction of sp³-hybridized carbons (Fsp3) is 0.500. The van der Waals surface area contributed by atoms with Gasteiger partial charge in [-0.1, -0.05) is 18.7 Å². The Morgan fingerprint density at radius 3 is 2.89 bits per heavy atom. The van der Waals surface area contributed by atoms with E-state index in [0.29, 0.717) is 0 Å². The van der Waals surface area contributed by atoms with Crippen molar-refractivity contribution in [1.82, 2.24) is 0 Å². The molecule has 0 aliphatic heterocycles. The van der Waals surface area contributed by atoms with E-state index in [-0.39, 0.29) is 6.10 Å². The second-order valence-electron chi connectivity index (χ2n) is 2.39. The molecule has 0 aromatic carbocycles. The molecule has 1 aliphatic rings. The van der Waals surface area contributed by atoms with Crippen molar-refractivity contribution in [2.45, 2.75) is 25.4 Å². The van der Waals surface area contributed by atoms with E-state index in [0.717, 1.165) is 24.8 Å². The third-order valence-corrected chi connectivity index (χ3v) is 1.70. The summed E-state index contributed by atoms with van der Waals surface area (Å²) in [6, 6.07) is 0. The van der Waals surface area contributed by atoms with Gasteiger partial charge in [0.25, 0.3) is 0 Å². The average Bonchev–Trinajstić information content (AvgIpc) is 2.18. The Hall–Kier alpha value is -0.560. The summed E-state index contributed by atoms with van der Waals surface area (Å²) < 4.78 is 0. The van der Waals surface area contributed by atoms with Crippen molar-refractivity contribution in [3.63, 3.8) is 0 Å². The van der Waals surface area contributed by atoms with Crippen LogP contribution in [0, 0.1) is 0 Å². The predicted molar refractivity (Wildman–Crippen MR) is 38.1 cm³/mol. The molecule has 9 heavy (non-hydrogen) atoms. The van der Waals surface area contributed by atoms with Crippen molar-refractivity contribution in [2.24, 2.45) is 0 Å². The van der Waals surface area contributed by atoms with E-state index in [1.54, 1.807) is 6.08 Å². The van der Waals surface area contributed by atoms with Crippen LogP contribution in [-0.2, 0) is 0 Å². The van der Waals surface area contributed by atoms with Crippen LogP contribution in [0.3, 0.4) is 0 Å². The Kier molecular flexibility index (Phi) is 2.06. The van der Waals surface area contributed by atoms with Gasteiger partial charge in [0.05, 0.1) is 6.10 Å². The zero-order valence-electron chi connectivity index (χ0n) is 5.51. The minimum atomic E-state index is -0.178. The molecule has 50 valence electrons. The van der Waals surface area contributed by atoms with Gasteiger partial charge >= 0.3 is 0 Å². The van der Waals surface area contributed by atoms with Crippen molar-refractivity contribution in [2.75, 3.05) is 0 Å². The molecule has 0 saturated heterocycles. The molecular formula is C8H12O. The van der Waals surface area contributed by atoms with Crippen LogP contribution in [0.15, 0.2) is 24.3 Å². The van der Waals surface area contributed by atoms with E-state index in [1.807, 2.05) is 6.08 Å². The van der Waals surface area contributed by atoms with Crippen LogP contribution in [0.4, 0.5) is 0 Å². The van der Waals surface area contributed by atoms with Gasteiger partial charge in [0.2, 0.25) is 0 Å². The zero-order chi connectivity index (χ0) is 6.69. The second kappa shape index (κ2) is 2.83. The summed E-state index contributed by atoms with van der Waals surface area (Å²) in [6.45, 7) is 3.57. The molecule has 0 heterocycles. The van der Waals surface area contributed by atoms with Crippen molar-refractivity contribution in [3.05, 3.63) is 24.3 Å². The summed E-state index contributed by atoms with van der Waals surface area (Å²) >= 11 is 0. The Morgan fingerprint density at radius 2 is 2.44 bits per heavy atom. The summed E-state index contributed by atoms with van der Waals surface area (Å²) in [4.78, 5) is 0. The van der Waals surface area contributed by atoms with E-state index in [9.17, 15) is 5.11 Å². The lowest BCUT2D eigenvalue weighted by Gasteiger charge is -1.99. The van der Waals surface area contributed by atoms with Gasteiger partial charge in [-0.2, -0.15) is 0 Å². The van der Waals surface area contributed by atoms with E-state index in [4.69, 9.17) is 0 Å². The third-order valence-electron chi connectivity index (χ3n) is 1.70. The van der Waals surface area contributed by atoms with Crippen LogP contribution < -0.4 is 0 Å². The first-order valence-electron chi connectivity index (χ1n) is 3.34. The van der Waals surface area contributed by atoms with E-state index in [2.05, 4.69) is 6.58 Å². The minimum absolute atomic E-state index is 0.178. The van der Waals surface area contributed by atoms with E-state index in [1.165, 1.54) is 0 Å². The molecule has 1 atom stereocenters. The summed E-state index contributed by atoms with van der Waals surface area (Å²) in [6.07, 6.45) is 6.58. The monoisotopic (exact) mass is 124 g/mol. The SMILES string of the molecule is C=CC=C1CCCC1O. The molecule has 1 unspecified atom stereocenters. The highest BCUT2D eigenvalue weighted by molar-refractivity contribution is 5.17. The zero-order valence-corrected chi connectivity index (χ0v) is 5.51. The number of hydrogen-bond acceptors (Lipinski definition) is 1. The highest BCUT2D eigenvalue weighted by Crippen LogP contribution is 2.24. The lowest BCUT2D eigenvalue weighted by Crippen LogP contribution is -2.00. The van der Waals surface area contributed by atoms with Gasteiger partial charge in [-0.15, -0.1) is 0 Å². The molecule has 0 amide bonds. The number of allylic oxidation sites excluding steroid dienone is 2. The van der Waals surface area contributed by atoms with Gasteiger partial charge in [-0.3, -0.25) is 0 Å². The first kappa shape index (κ1) is 6.56. The fourth-order valence-electron chi connectivity index (χ4n) is 1.20. The van der Waals surface area contributed by atoms with E-state index >= 15 is 0 Å². The maximum atomic E-state index is 9.20. The van der Waals surface area contributed by atoms with Crippen molar-refractivity contribution < 1.29 is 5.11 Å². The summed E-state index contributed by atoms with van der Waals surface area (Å²) in [5.74, 6) is 0. The van der Waals surface area contributed by atoms with Gasteiger partial charge in [-0.25, -0.2) is 0 Å². The van der Waals surface area contributed by atoms with Crippen molar-refractivity contribution in [1.29, 1.82) is 0 Å². The molecule has 0 bridgehead atoms. The van der Waals surface area contributed by atoms with Crippen LogP contribution in [-0.4, -0.2) is 11.2 Å². The predicted octanol–water partition coefficient (Wildman–Crippen LogP) is 1.64. The standard InChI is InChI=1S/C8H12O/c1-2-4-7-5-3-6-8(7)9/h2,4,8-9H,1,3,5-6H2. The fourth-order valence-corrected chi connectivity index (χ4v) is 1.20. The quantitative estimate of drug-likeness (QED) is 0.563. The summed E-state index contributed by atoms with van der Waals surface area (Å²) in [5.41, 5.74) is 1.14. The van der Waals surface area contributed by atoms with Crippen LogP contribution in [0.5, 0.6) is 0 Å². The molecule has 0 aromatic rings. The molecular weight excluding hydrogens is 112 g/mol. The van der Waals surface area contributed by atoms with Crippen molar-refractivity contribution >= 4 is 0 Å². The molecule has 1 nitrogen and oxygen atoms in total. The van der Waals surface area contributed by atoms with Gasteiger partial charge < -0.3 is 5.11 Å². The summed E-state index contributed by atoms with van der Waals surface area (Å²) in [7, 11) is 0. The number of hydrogen-bond donors (Lipinski definition) is 1. The molecule has 0 spiro atoms. The molecule has 1 saturated carbocycles. The maximum absolute atomic E-state index is 9.20. The lowest BCUT2D eigenvalue weighted by atomic mass is 10.2. The number of aliphatic hydroxyl groups excluding tert-OH is 1. The number of rotatable bonds is 1.